The van der Waals surface area contributed by atoms with Gasteiger partial charge in [-0.15, -0.1) is 11.3 Å². The van der Waals surface area contributed by atoms with E-state index in [2.05, 4.69) is 4.98 Å². The summed E-state index contributed by atoms with van der Waals surface area (Å²) < 4.78 is 18.5. The van der Waals surface area contributed by atoms with Crippen LogP contribution in [0.15, 0.2) is 18.2 Å². The fourth-order valence-corrected chi connectivity index (χ4v) is 2.16. The van der Waals surface area contributed by atoms with E-state index in [0.717, 1.165) is 4.70 Å². The Balaban J connectivity index is 2.10. The Kier molecular flexibility index (Phi) is 3.12. The molecule has 0 fully saturated rings. The van der Waals surface area contributed by atoms with E-state index in [9.17, 15) is 9.18 Å². The first kappa shape index (κ1) is 11.0. The maximum absolute atomic E-state index is 12.9. The predicted octanol–water partition coefficient (Wildman–Crippen LogP) is 2.04. The highest BCUT2D eigenvalue weighted by atomic mass is 32.1. The van der Waals surface area contributed by atoms with Gasteiger partial charge in [-0.1, -0.05) is 0 Å². The number of fused-ring (bicyclic) bond motifs is 1. The first-order valence-electron chi connectivity index (χ1n) is 4.49. The van der Waals surface area contributed by atoms with Crippen LogP contribution in [0, 0.1) is 5.82 Å². The number of benzene rings is 1. The molecule has 1 heterocycles. The molecule has 0 aliphatic rings. The summed E-state index contributed by atoms with van der Waals surface area (Å²) in [7, 11) is 0. The summed E-state index contributed by atoms with van der Waals surface area (Å²) in [5.41, 5.74) is 0.695. The molecule has 2 aromatic rings. The molecule has 84 valence electrons. The number of halogens is 1. The molecule has 0 unspecified atom stereocenters. The number of hydrogen-bond donors (Lipinski definition) is 1. The van der Waals surface area contributed by atoms with E-state index in [4.69, 9.17) is 9.84 Å². The van der Waals surface area contributed by atoms with Gasteiger partial charge in [0.1, 0.15) is 17.4 Å². The standard InChI is InChI=1S/C10H8FNO3S/c11-6-1-2-7-8(3-6)16-9(12-7)4-15-5-10(13)14/h1-3H,4-5H2,(H,13,14). The van der Waals surface area contributed by atoms with E-state index in [1.807, 2.05) is 0 Å². The molecule has 0 aliphatic carbocycles. The highest BCUT2D eigenvalue weighted by Crippen LogP contribution is 2.23. The van der Waals surface area contributed by atoms with Crippen LogP contribution in [0.4, 0.5) is 4.39 Å². The maximum Gasteiger partial charge on any atom is 0.329 e. The maximum atomic E-state index is 12.9. The van der Waals surface area contributed by atoms with Gasteiger partial charge in [-0.05, 0) is 18.2 Å². The fraction of sp³-hybridized carbons (Fsp3) is 0.200. The molecule has 0 saturated heterocycles. The van der Waals surface area contributed by atoms with Crippen LogP contribution in [0.5, 0.6) is 0 Å². The minimum absolute atomic E-state index is 0.132. The van der Waals surface area contributed by atoms with Crippen LogP contribution in [-0.2, 0) is 16.1 Å². The van der Waals surface area contributed by atoms with Crippen molar-refractivity contribution in [1.82, 2.24) is 4.98 Å². The molecule has 0 aliphatic heterocycles. The largest absolute Gasteiger partial charge is 0.480 e. The van der Waals surface area contributed by atoms with Crippen LogP contribution in [0.1, 0.15) is 5.01 Å². The average Bonchev–Trinajstić information content (AvgIpc) is 2.58. The Bertz CT molecular complexity index is 526. The first-order valence-corrected chi connectivity index (χ1v) is 5.31. The molecule has 0 spiro atoms. The Morgan fingerprint density at radius 1 is 1.56 bits per heavy atom. The van der Waals surface area contributed by atoms with E-state index in [1.54, 1.807) is 6.07 Å². The van der Waals surface area contributed by atoms with Gasteiger partial charge in [-0.25, -0.2) is 14.2 Å². The van der Waals surface area contributed by atoms with Crippen molar-refractivity contribution in [3.05, 3.63) is 29.0 Å². The van der Waals surface area contributed by atoms with Crippen molar-refractivity contribution >= 4 is 27.5 Å². The van der Waals surface area contributed by atoms with E-state index in [1.165, 1.54) is 23.5 Å². The van der Waals surface area contributed by atoms with Gasteiger partial charge in [0.15, 0.2) is 0 Å². The second-order valence-electron chi connectivity index (χ2n) is 3.11. The number of carboxylic acid groups (broad SMARTS) is 1. The van der Waals surface area contributed by atoms with Crippen LogP contribution in [0.3, 0.4) is 0 Å². The summed E-state index contributed by atoms with van der Waals surface area (Å²) in [6, 6.07) is 4.32. The Morgan fingerprint density at radius 3 is 3.12 bits per heavy atom. The number of hydrogen-bond acceptors (Lipinski definition) is 4. The van der Waals surface area contributed by atoms with Crippen molar-refractivity contribution in [1.29, 1.82) is 0 Å². The molecule has 0 bridgehead atoms. The van der Waals surface area contributed by atoms with Gasteiger partial charge in [0.05, 0.1) is 16.8 Å². The summed E-state index contributed by atoms with van der Waals surface area (Å²) >= 11 is 1.29. The minimum Gasteiger partial charge on any atom is -0.480 e. The van der Waals surface area contributed by atoms with Gasteiger partial charge in [-0.2, -0.15) is 0 Å². The molecule has 0 saturated carbocycles. The zero-order chi connectivity index (χ0) is 11.5. The summed E-state index contributed by atoms with van der Waals surface area (Å²) in [4.78, 5) is 14.4. The summed E-state index contributed by atoms with van der Waals surface area (Å²) in [6.07, 6.45) is 0. The third-order valence-corrected chi connectivity index (χ3v) is 2.84. The Morgan fingerprint density at radius 2 is 2.38 bits per heavy atom. The SMILES string of the molecule is O=C(O)COCc1nc2ccc(F)cc2s1. The number of aliphatic carboxylic acids is 1. The van der Waals surface area contributed by atoms with Crippen molar-refractivity contribution in [2.45, 2.75) is 6.61 Å². The number of carbonyl (C=O) groups is 1. The zero-order valence-electron chi connectivity index (χ0n) is 8.14. The number of thiazole rings is 1. The third kappa shape index (κ3) is 2.53. The van der Waals surface area contributed by atoms with Crippen LogP contribution in [0.25, 0.3) is 10.2 Å². The molecule has 6 heteroatoms. The van der Waals surface area contributed by atoms with Crippen LogP contribution >= 0.6 is 11.3 Å². The van der Waals surface area contributed by atoms with Crippen molar-refractivity contribution in [3.63, 3.8) is 0 Å². The topological polar surface area (TPSA) is 59.4 Å². The van der Waals surface area contributed by atoms with Gasteiger partial charge in [-0.3, -0.25) is 0 Å². The third-order valence-electron chi connectivity index (χ3n) is 1.85. The van der Waals surface area contributed by atoms with Gasteiger partial charge < -0.3 is 9.84 Å². The Hall–Kier alpha value is -1.53. The highest BCUT2D eigenvalue weighted by Gasteiger charge is 2.05. The molecule has 4 nitrogen and oxygen atoms in total. The summed E-state index contributed by atoms with van der Waals surface area (Å²) in [6.45, 7) is -0.225. The molecular formula is C10H8FNO3S. The second kappa shape index (κ2) is 4.54. The molecule has 1 N–H and O–H groups in total. The number of nitrogens with zero attached hydrogens (tertiary/aromatic N) is 1. The smallest absolute Gasteiger partial charge is 0.329 e. The minimum atomic E-state index is -1.02. The van der Waals surface area contributed by atoms with E-state index < -0.39 is 5.97 Å². The highest BCUT2D eigenvalue weighted by molar-refractivity contribution is 7.18. The number of ether oxygens (including phenoxy) is 1. The molecular weight excluding hydrogens is 233 g/mol. The van der Waals surface area contributed by atoms with Crippen molar-refractivity contribution in [2.75, 3.05) is 6.61 Å². The van der Waals surface area contributed by atoms with Crippen LogP contribution < -0.4 is 0 Å². The van der Waals surface area contributed by atoms with E-state index >= 15 is 0 Å². The fourth-order valence-electron chi connectivity index (χ4n) is 1.23. The molecule has 0 amide bonds. The lowest BCUT2D eigenvalue weighted by Gasteiger charge is -1.95. The van der Waals surface area contributed by atoms with Gasteiger partial charge in [0, 0.05) is 0 Å². The predicted molar refractivity (Wildman–Crippen MR) is 56.9 cm³/mol. The van der Waals surface area contributed by atoms with E-state index in [0.29, 0.717) is 10.5 Å². The molecule has 0 atom stereocenters. The average molecular weight is 241 g/mol. The van der Waals surface area contributed by atoms with Crippen molar-refractivity contribution in [3.8, 4) is 0 Å². The van der Waals surface area contributed by atoms with E-state index in [-0.39, 0.29) is 19.0 Å². The first-order chi connectivity index (χ1) is 7.65. The van der Waals surface area contributed by atoms with Crippen LogP contribution in [0.2, 0.25) is 0 Å². The molecule has 1 aromatic carbocycles. The van der Waals surface area contributed by atoms with Gasteiger partial charge in [0.2, 0.25) is 0 Å². The zero-order valence-corrected chi connectivity index (χ0v) is 8.96. The summed E-state index contributed by atoms with van der Waals surface area (Å²) in [5.74, 6) is -1.33. The molecule has 0 radical (unpaired) electrons. The number of aromatic nitrogens is 1. The Labute approximate surface area is 94.3 Å². The van der Waals surface area contributed by atoms with Gasteiger partial charge in [0.25, 0.3) is 0 Å². The summed E-state index contributed by atoms with van der Waals surface area (Å²) in [5, 5.41) is 9.02. The van der Waals surface area contributed by atoms with Crippen molar-refractivity contribution in [2.24, 2.45) is 0 Å². The quantitative estimate of drug-likeness (QED) is 0.889. The van der Waals surface area contributed by atoms with Crippen LogP contribution in [-0.4, -0.2) is 22.7 Å². The lowest BCUT2D eigenvalue weighted by atomic mass is 10.3. The lowest BCUT2D eigenvalue weighted by molar-refractivity contribution is -0.142. The number of carboxylic acids is 1. The van der Waals surface area contributed by atoms with Crippen molar-refractivity contribution < 1.29 is 19.0 Å². The molecule has 16 heavy (non-hydrogen) atoms. The monoisotopic (exact) mass is 241 g/mol. The normalized spacial score (nSPS) is 10.8. The molecule has 2 rings (SSSR count). The van der Waals surface area contributed by atoms with Gasteiger partial charge >= 0.3 is 5.97 Å². The lowest BCUT2D eigenvalue weighted by Crippen LogP contribution is -2.06. The number of rotatable bonds is 4. The molecule has 1 aromatic heterocycles. The second-order valence-corrected chi connectivity index (χ2v) is 4.22.